The van der Waals surface area contributed by atoms with Crippen molar-refractivity contribution in [3.05, 3.63) is 47.5 Å². The first kappa shape index (κ1) is 16.6. The Labute approximate surface area is 150 Å². The predicted octanol–water partition coefficient (Wildman–Crippen LogP) is 2.59. The molecular formula is C20H28N4O. The van der Waals surface area contributed by atoms with Crippen molar-refractivity contribution in [2.45, 2.75) is 38.5 Å². The molecule has 5 nitrogen and oxygen atoms in total. The van der Waals surface area contributed by atoms with E-state index in [9.17, 15) is 0 Å². The van der Waals surface area contributed by atoms with Gasteiger partial charge in [-0.05, 0) is 20.0 Å². The number of imidazole rings is 1. The molecule has 0 bridgehead atoms. The van der Waals surface area contributed by atoms with Crippen LogP contribution >= 0.6 is 0 Å². The SMILES string of the molecule is Cc1ncc(CN2Cc3ccccc3OC3(CCN(C)CC3)C2)n1C. The zero-order valence-electron chi connectivity index (χ0n) is 15.5. The van der Waals surface area contributed by atoms with Gasteiger partial charge in [0.15, 0.2) is 0 Å². The first-order valence-electron chi connectivity index (χ1n) is 9.20. The van der Waals surface area contributed by atoms with Crippen LogP contribution in [0.1, 0.15) is 29.9 Å². The van der Waals surface area contributed by atoms with Crippen molar-refractivity contribution < 1.29 is 4.74 Å². The van der Waals surface area contributed by atoms with Gasteiger partial charge in [-0.25, -0.2) is 4.98 Å². The van der Waals surface area contributed by atoms with Crippen molar-refractivity contribution in [3.8, 4) is 5.75 Å². The highest BCUT2D eigenvalue weighted by Crippen LogP contribution is 2.35. The molecule has 0 N–H and O–H groups in total. The average Bonchev–Trinajstić information content (AvgIpc) is 2.83. The van der Waals surface area contributed by atoms with Crippen LogP contribution in [0.3, 0.4) is 0 Å². The highest BCUT2D eigenvalue weighted by atomic mass is 16.5. The molecule has 0 aliphatic carbocycles. The van der Waals surface area contributed by atoms with Gasteiger partial charge in [0.05, 0.1) is 5.69 Å². The number of hydrogen-bond donors (Lipinski definition) is 0. The number of nitrogens with zero attached hydrogens (tertiary/aromatic N) is 4. The zero-order valence-corrected chi connectivity index (χ0v) is 15.5. The molecule has 1 fully saturated rings. The molecule has 2 aliphatic heterocycles. The van der Waals surface area contributed by atoms with Gasteiger partial charge in [0.25, 0.3) is 0 Å². The number of ether oxygens (including phenoxy) is 1. The van der Waals surface area contributed by atoms with E-state index in [0.29, 0.717) is 0 Å². The van der Waals surface area contributed by atoms with Crippen LogP contribution < -0.4 is 4.74 Å². The second kappa shape index (κ2) is 6.46. The van der Waals surface area contributed by atoms with Crippen molar-refractivity contribution in [2.24, 2.45) is 7.05 Å². The maximum absolute atomic E-state index is 6.65. The third kappa shape index (κ3) is 3.31. The van der Waals surface area contributed by atoms with Crippen molar-refractivity contribution in [2.75, 3.05) is 26.7 Å². The summed E-state index contributed by atoms with van der Waals surface area (Å²) in [5.41, 5.74) is 2.48. The number of piperidine rings is 1. The third-order valence-corrected chi connectivity index (χ3v) is 5.81. The van der Waals surface area contributed by atoms with Crippen molar-refractivity contribution in [3.63, 3.8) is 0 Å². The predicted molar refractivity (Wildman–Crippen MR) is 98.6 cm³/mol. The quantitative estimate of drug-likeness (QED) is 0.841. The molecule has 25 heavy (non-hydrogen) atoms. The molecule has 2 aromatic rings. The normalized spacial score (nSPS) is 20.9. The largest absolute Gasteiger partial charge is 0.486 e. The third-order valence-electron chi connectivity index (χ3n) is 5.81. The van der Waals surface area contributed by atoms with Crippen LogP contribution in [0.2, 0.25) is 0 Å². The number of para-hydroxylation sites is 1. The lowest BCUT2D eigenvalue weighted by molar-refractivity contribution is -0.0149. The van der Waals surface area contributed by atoms with Gasteiger partial charge in [-0.2, -0.15) is 0 Å². The summed E-state index contributed by atoms with van der Waals surface area (Å²) in [5, 5.41) is 0. The zero-order chi connectivity index (χ0) is 17.4. The van der Waals surface area contributed by atoms with E-state index >= 15 is 0 Å². The molecule has 0 saturated carbocycles. The molecular weight excluding hydrogens is 312 g/mol. The molecule has 5 heteroatoms. The minimum Gasteiger partial charge on any atom is -0.486 e. The first-order valence-corrected chi connectivity index (χ1v) is 9.20. The van der Waals surface area contributed by atoms with Crippen molar-refractivity contribution in [1.82, 2.24) is 19.4 Å². The fraction of sp³-hybridized carbons (Fsp3) is 0.550. The Bertz CT molecular complexity index is 746. The van der Waals surface area contributed by atoms with Gasteiger partial charge in [0.2, 0.25) is 0 Å². The summed E-state index contributed by atoms with van der Waals surface area (Å²) in [6.45, 7) is 7.06. The summed E-state index contributed by atoms with van der Waals surface area (Å²) in [6.07, 6.45) is 4.17. The van der Waals surface area contributed by atoms with Crippen molar-refractivity contribution in [1.29, 1.82) is 0 Å². The van der Waals surface area contributed by atoms with Crippen LogP contribution in [-0.2, 0) is 20.1 Å². The smallest absolute Gasteiger partial charge is 0.124 e. The Hall–Kier alpha value is -1.85. The molecule has 1 spiro atoms. The molecule has 2 aliphatic rings. The van der Waals surface area contributed by atoms with Gasteiger partial charge in [0.1, 0.15) is 17.2 Å². The minimum absolute atomic E-state index is 0.0766. The minimum atomic E-state index is -0.0766. The molecule has 0 amide bonds. The van der Waals surface area contributed by atoms with Crippen LogP contribution in [0.25, 0.3) is 0 Å². The Balaban J connectivity index is 1.63. The molecule has 1 aromatic carbocycles. The lowest BCUT2D eigenvalue weighted by atomic mass is 9.90. The molecule has 1 saturated heterocycles. The number of aryl methyl sites for hydroxylation is 1. The van der Waals surface area contributed by atoms with E-state index < -0.39 is 0 Å². The van der Waals surface area contributed by atoms with E-state index in [1.54, 1.807) is 0 Å². The van der Waals surface area contributed by atoms with Gasteiger partial charge in [0, 0.05) is 64.4 Å². The summed E-state index contributed by atoms with van der Waals surface area (Å²) in [6, 6.07) is 8.53. The van der Waals surface area contributed by atoms with Crippen LogP contribution in [0.15, 0.2) is 30.5 Å². The van der Waals surface area contributed by atoms with Crippen LogP contribution in [-0.4, -0.2) is 51.6 Å². The molecule has 0 radical (unpaired) electrons. The van der Waals surface area contributed by atoms with Gasteiger partial charge in [-0.3, -0.25) is 4.90 Å². The number of aromatic nitrogens is 2. The Morgan fingerprint density at radius 1 is 1.16 bits per heavy atom. The van der Waals surface area contributed by atoms with E-state index in [1.807, 2.05) is 6.20 Å². The van der Waals surface area contributed by atoms with E-state index in [2.05, 4.69) is 64.6 Å². The van der Waals surface area contributed by atoms with Gasteiger partial charge >= 0.3 is 0 Å². The summed E-state index contributed by atoms with van der Waals surface area (Å²) in [7, 11) is 4.30. The first-order chi connectivity index (χ1) is 12.0. The number of likely N-dealkylation sites (tertiary alicyclic amines) is 1. The summed E-state index contributed by atoms with van der Waals surface area (Å²) in [4.78, 5) is 9.40. The monoisotopic (exact) mass is 340 g/mol. The van der Waals surface area contributed by atoms with Gasteiger partial charge in [-0.15, -0.1) is 0 Å². The molecule has 0 unspecified atom stereocenters. The standard InChI is InChI=1S/C20H28N4O/c1-16-21-12-18(23(16)3)14-24-13-17-6-4-5-7-19(17)25-20(15-24)8-10-22(2)11-9-20/h4-7,12H,8-11,13-15H2,1-3H3. The van der Waals surface area contributed by atoms with Crippen LogP contribution in [0.4, 0.5) is 0 Å². The number of fused-ring (bicyclic) bond motifs is 1. The Morgan fingerprint density at radius 3 is 2.64 bits per heavy atom. The Kier molecular flexibility index (Phi) is 4.29. The lowest BCUT2D eigenvalue weighted by Gasteiger charge is -2.42. The van der Waals surface area contributed by atoms with Gasteiger partial charge < -0.3 is 14.2 Å². The van der Waals surface area contributed by atoms with E-state index in [4.69, 9.17) is 4.74 Å². The Morgan fingerprint density at radius 2 is 1.92 bits per heavy atom. The fourth-order valence-corrected chi connectivity index (χ4v) is 4.03. The van der Waals surface area contributed by atoms with Gasteiger partial charge in [-0.1, -0.05) is 18.2 Å². The average molecular weight is 340 g/mol. The molecule has 0 atom stereocenters. The summed E-state index contributed by atoms with van der Waals surface area (Å²) >= 11 is 0. The highest BCUT2D eigenvalue weighted by Gasteiger charge is 2.40. The van der Waals surface area contributed by atoms with Crippen molar-refractivity contribution >= 4 is 0 Å². The summed E-state index contributed by atoms with van der Waals surface area (Å²) in [5.74, 6) is 2.13. The molecule has 3 heterocycles. The van der Waals surface area contributed by atoms with E-state index in [0.717, 1.165) is 57.1 Å². The highest BCUT2D eigenvalue weighted by molar-refractivity contribution is 5.35. The number of rotatable bonds is 2. The lowest BCUT2D eigenvalue weighted by Crippen LogP contribution is -2.52. The molecule has 134 valence electrons. The molecule has 4 rings (SSSR count). The number of benzene rings is 1. The van der Waals surface area contributed by atoms with Crippen LogP contribution in [0.5, 0.6) is 5.75 Å². The second-order valence-electron chi connectivity index (χ2n) is 7.70. The van der Waals surface area contributed by atoms with E-state index in [1.165, 1.54) is 11.3 Å². The van der Waals surface area contributed by atoms with E-state index in [-0.39, 0.29) is 5.60 Å². The van der Waals surface area contributed by atoms with Crippen LogP contribution in [0, 0.1) is 6.92 Å². The maximum Gasteiger partial charge on any atom is 0.124 e. The fourth-order valence-electron chi connectivity index (χ4n) is 4.03. The maximum atomic E-state index is 6.65. The second-order valence-corrected chi connectivity index (χ2v) is 7.70. The summed E-state index contributed by atoms with van der Waals surface area (Å²) < 4.78 is 8.84. The molecule has 1 aromatic heterocycles. The number of hydrogen-bond acceptors (Lipinski definition) is 4. The topological polar surface area (TPSA) is 33.5 Å².